The Balaban J connectivity index is 1.91. The molecule has 0 saturated heterocycles. The van der Waals surface area contributed by atoms with Crippen molar-refractivity contribution < 1.29 is 0 Å². The molecule has 1 aromatic rings. The lowest BCUT2D eigenvalue weighted by Crippen LogP contribution is -2.30. The van der Waals surface area contributed by atoms with Crippen LogP contribution in [0.2, 0.25) is 0 Å². The molecule has 2 heteroatoms. The van der Waals surface area contributed by atoms with E-state index in [0.717, 1.165) is 18.3 Å². The van der Waals surface area contributed by atoms with Crippen LogP contribution in [0.5, 0.6) is 0 Å². The van der Waals surface area contributed by atoms with E-state index in [1.165, 1.54) is 28.4 Å². The Bertz CT molecular complexity index is 333. The van der Waals surface area contributed by atoms with Gasteiger partial charge in [0, 0.05) is 9.61 Å². The Morgan fingerprint density at radius 1 is 1.31 bits per heavy atom. The topological polar surface area (TPSA) is 26.0 Å². The largest absolute Gasteiger partial charge is 0.327 e. The van der Waals surface area contributed by atoms with E-state index in [-0.39, 0.29) is 0 Å². The normalized spacial score (nSPS) is 26.9. The van der Waals surface area contributed by atoms with Crippen LogP contribution in [-0.2, 0) is 6.42 Å². The second kappa shape index (κ2) is 5.50. The van der Waals surface area contributed by atoms with Gasteiger partial charge in [-0.2, -0.15) is 0 Å². The Hall–Kier alpha value is -0.0900. The van der Waals surface area contributed by atoms with Crippen molar-refractivity contribution in [2.24, 2.45) is 17.6 Å². The molecule has 0 heterocycles. The molecule has 0 radical (unpaired) electrons. The third-order valence-corrected chi connectivity index (χ3v) is 4.44. The Labute approximate surface area is 112 Å². The van der Waals surface area contributed by atoms with Crippen LogP contribution in [0.25, 0.3) is 0 Å². The average Bonchev–Trinajstić information content (AvgIpc) is 2.68. The first-order valence-corrected chi connectivity index (χ1v) is 7.23. The van der Waals surface area contributed by atoms with Crippen molar-refractivity contribution in [3.8, 4) is 0 Å². The summed E-state index contributed by atoms with van der Waals surface area (Å²) in [5.74, 6) is 1.63. The highest BCUT2D eigenvalue weighted by atomic mass is 127. The fourth-order valence-corrected chi connectivity index (χ4v) is 3.06. The minimum Gasteiger partial charge on any atom is -0.327 e. The van der Waals surface area contributed by atoms with Crippen LogP contribution >= 0.6 is 22.6 Å². The quantitative estimate of drug-likeness (QED) is 0.843. The molecule has 88 valence electrons. The smallest absolute Gasteiger partial charge is 0.0130 e. The highest BCUT2D eigenvalue weighted by Gasteiger charge is 2.26. The second-order valence-electron chi connectivity index (χ2n) is 5.17. The minimum absolute atomic E-state index is 0.352. The zero-order chi connectivity index (χ0) is 11.5. The van der Waals surface area contributed by atoms with Gasteiger partial charge in [0.25, 0.3) is 0 Å². The van der Waals surface area contributed by atoms with Crippen LogP contribution in [0.3, 0.4) is 0 Å². The molecule has 2 rings (SSSR count). The summed E-state index contributed by atoms with van der Waals surface area (Å²) in [6.07, 6.45) is 5.05. The summed E-state index contributed by atoms with van der Waals surface area (Å²) in [7, 11) is 0. The maximum absolute atomic E-state index is 6.31. The summed E-state index contributed by atoms with van der Waals surface area (Å²) < 4.78 is 1.30. The average molecular weight is 329 g/mol. The van der Waals surface area contributed by atoms with Gasteiger partial charge < -0.3 is 5.73 Å². The van der Waals surface area contributed by atoms with E-state index in [4.69, 9.17) is 5.73 Å². The molecule has 3 atom stereocenters. The molecule has 0 spiro atoms. The van der Waals surface area contributed by atoms with Gasteiger partial charge in [-0.25, -0.2) is 0 Å². The molecule has 0 amide bonds. The number of halogens is 1. The van der Waals surface area contributed by atoms with Crippen molar-refractivity contribution in [3.63, 3.8) is 0 Å². The molecule has 3 unspecified atom stereocenters. The van der Waals surface area contributed by atoms with Gasteiger partial charge in [0.1, 0.15) is 0 Å². The SMILES string of the molecule is CC1CCC(C(N)Cc2ccc(I)cc2)C1. The van der Waals surface area contributed by atoms with Gasteiger partial charge in [-0.15, -0.1) is 0 Å². The van der Waals surface area contributed by atoms with Gasteiger partial charge in [-0.05, 0) is 71.4 Å². The van der Waals surface area contributed by atoms with Crippen molar-refractivity contribution in [1.29, 1.82) is 0 Å². The maximum atomic E-state index is 6.31. The monoisotopic (exact) mass is 329 g/mol. The predicted octanol–water partition coefficient (Wildman–Crippen LogP) is 3.60. The van der Waals surface area contributed by atoms with Crippen molar-refractivity contribution in [2.75, 3.05) is 0 Å². The van der Waals surface area contributed by atoms with Crippen LogP contribution in [0.15, 0.2) is 24.3 Å². The van der Waals surface area contributed by atoms with Crippen molar-refractivity contribution in [3.05, 3.63) is 33.4 Å². The second-order valence-corrected chi connectivity index (χ2v) is 6.42. The molecule has 1 saturated carbocycles. The van der Waals surface area contributed by atoms with Gasteiger partial charge in [0.2, 0.25) is 0 Å². The zero-order valence-electron chi connectivity index (χ0n) is 9.83. The fraction of sp³-hybridized carbons (Fsp3) is 0.571. The molecule has 0 aromatic heterocycles. The van der Waals surface area contributed by atoms with Gasteiger partial charge in [0.15, 0.2) is 0 Å². The fourth-order valence-electron chi connectivity index (χ4n) is 2.70. The van der Waals surface area contributed by atoms with Crippen molar-refractivity contribution in [2.45, 2.75) is 38.6 Å². The molecule has 0 aliphatic heterocycles. The number of rotatable bonds is 3. The van der Waals surface area contributed by atoms with Crippen molar-refractivity contribution >= 4 is 22.6 Å². The van der Waals surface area contributed by atoms with E-state index in [2.05, 4.69) is 53.8 Å². The van der Waals surface area contributed by atoms with Crippen LogP contribution in [-0.4, -0.2) is 6.04 Å². The summed E-state index contributed by atoms with van der Waals surface area (Å²) in [5, 5.41) is 0. The highest BCUT2D eigenvalue weighted by molar-refractivity contribution is 14.1. The minimum atomic E-state index is 0.352. The lowest BCUT2D eigenvalue weighted by molar-refractivity contribution is 0.415. The first-order valence-electron chi connectivity index (χ1n) is 6.15. The zero-order valence-corrected chi connectivity index (χ0v) is 12.0. The Morgan fingerprint density at radius 2 is 2.00 bits per heavy atom. The number of nitrogens with two attached hydrogens (primary N) is 1. The summed E-state index contributed by atoms with van der Waals surface area (Å²) in [6, 6.07) is 9.10. The van der Waals surface area contributed by atoms with Gasteiger partial charge in [-0.1, -0.05) is 25.5 Å². The van der Waals surface area contributed by atoms with Gasteiger partial charge in [0.05, 0.1) is 0 Å². The van der Waals surface area contributed by atoms with E-state index in [9.17, 15) is 0 Å². The number of hydrogen-bond acceptors (Lipinski definition) is 1. The molecule has 1 aliphatic carbocycles. The standard InChI is InChI=1S/C14H20IN/c1-10-2-5-12(8-10)14(16)9-11-3-6-13(15)7-4-11/h3-4,6-7,10,12,14H,2,5,8-9,16H2,1H3. The summed E-state index contributed by atoms with van der Waals surface area (Å²) >= 11 is 2.34. The van der Waals surface area contributed by atoms with Gasteiger partial charge >= 0.3 is 0 Å². The van der Waals surface area contributed by atoms with E-state index < -0.39 is 0 Å². The summed E-state index contributed by atoms with van der Waals surface area (Å²) in [5.41, 5.74) is 7.69. The number of hydrogen-bond donors (Lipinski definition) is 1. The molecule has 2 N–H and O–H groups in total. The van der Waals surface area contributed by atoms with E-state index >= 15 is 0 Å². The lowest BCUT2D eigenvalue weighted by atomic mass is 9.92. The van der Waals surface area contributed by atoms with Crippen molar-refractivity contribution in [1.82, 2.24) is 0 Å². The highest BCUT2D eigenvalue weighted by Crippen LogP contribution is 2.32. The first kappa shape index (κ1) is 12.4. The van der Waals surface area contributed by atoms with E-state index in [1.807, 2.05) is 0 Å². The van der Waals surface area contributed by atoms with Crippen LogP contribution in [0, 0.1) is 15.4 Å². The first-order chi connectivity index (χ1) is 7.65. The molecule has 1 aliphatic rings. The summed E-state index contributed by atoms with van der Waals surface area (Å²) in [6.45, 7) is 2.34. The third-order valence-electron chi connectivity index (χ3n) is 3.73. The molecule has 0 bridgehead atoms. The molecule has 1 fully saturated rings. The van der Waals surface area contributed by atoms with Gasteiger partial charge in [-0.3, -0.25) is 0 Å². The molecular weight excluding hydrogens is 309 g/mol. The van der Waals surface area contributed by atoms with E-state index in [0.29, 0.717) is 6.04 Å². The lowest BCUT2D eigenvalue weighted by Gasteiger charge is -2.19. The predicted molar refractivity (Wildman–Crippen MR) is 77.3 cm³/mol. The van der Waals surface area contributed by atoms with E-state index in [1.54, 1.807) is 0 Å². The third kappa shape index (κ3) is 3.20. The molecule has 1 aromatic carbocycles. The maximum Gasteiger partial charge on any atom is 0.0130 e. The molecule has 1 nitrogen and oxygen atoms in total. The molecule has 16 heavy (non-hydrogen) atoms. The number of benzene rings is 1. The Morgan fingerprint density at radius 3 is 2.56 bits per heavy atom. The van der Waals surface area contributed by atoms with Crippen LogP contribution in [0.1, 0.15) is 31.7 Å². The molecular formula is C14H20IN. The Kier molecular flexibility index (Phi) is 4.25. The van der Waals surface area contributed by atoms with Crippen LogP contribution in [0.4, 0.5) is 0 Å². The van der Waals surface area contributed by atoms with Crippen LogP contribution < -0.4 is 5.73 Å². The summed E-state index contributed by atoms with van der Waals surface area (Å²) in [4.78, 5) is 0.